The second kappa shape index (κ2) is 4.62. The molecular weight excluding hydrogens is 224 g/mol. The van der Waals surface area contributed by atoms with E-state index in [-0.39, 0.29) is 5.92 Å². The summed E-state index contributed by atoms with van der Waals surface area (Å²) >= 11 is 0. The molecule has 3 rings (SSSR count). The molecule has 0 aliphatic heterocycles. The average Bonchev–Trinajstić information content (AvgIpc) is 2.84. The summed E-state index contributed by atoms with van der Waals surface area (Å²) in [4.78, 5) is 0. The second-order valence-corrected chi connectivity index (χ2v) is 5.13. The summed E-state index contributed by atoms with van der Waals surface area (Å²) in [5.41, 5.74) is 2.02. The van der Waals surface area contributed by atoms with Crippen molar-refractivity contribution in [3.63, 3.8) is 0 Å². The number of aryl methyl sites for hydroxylation is 1. The Balaban J connectivity index is 1.94. The topological polar surface area (TPSA) is 33.4 Å². The number of furan rings is 1. The van der Waals surface area contributed by atoms with E-state index in [0.29, 0.717) is 5.76 Å². The monoisotopic (exact) mass is 242 g/mol. The first kappa shape index (κ1) is 11.5. The molecule has 2 unspecified atom stereocenters. The lowest BCUT2D eigenvalue weighted by molar-refractivity contribution is 0.0824. The number of rotatable bonds is 2. The van der Waals surface area contributed by atoms with E-state index in [4.69, 9.17) is 4.42 Å². The standard InChI is InChI=1S/C16H18O2/c1-11-6-5-9-13-10-14(18-16(11)13)15(17)12-7-3-2-4-8-12/h2-3,5-6,9-10,12,15,17H,4,7-8H2,1H3. The summed E-state index contributed by atoms with van der Waals surface area (Å²) in [7, 11) is 0. The van der Waals surface area contributed by atoms with Crippen LogP contribution in [0.25, 0.3) is 11.0 Å². The van der Waals surface area contributed by atoms with Crippen molar-refractivity contribution in [2.24, 2.45) is 5.92 Å². The minimum absolute atomic E-state index is 0.288. The number of aliphatic hydroxyl groups is 1. The Kier molecular flexibility index (Phi) is 2.96. The molecule has 2 aromatic rings. The van der Waals surface area contributed by atoms with Crippen LogP contribution in [0.3, 0.4) is 0 Å². The van der Waals surface area contributed by atoms with Crippen molar-refractivity contribution >= 4 is 11.0 Å². The second-order valence-electron chi connectivity index (χ2n) is 5.13. The van der Waals surface area contributed by atoms with Crippen LogP contribution in [0, 0.1) is 12.8 Å². The fourth-order valence-corrected chi connectivity index (χ4v) is 2.71. The molecule has 94 valence electrons. The van der Waals surface area contributed by atoms with Crippen LogP contribution in [-0.4, -0.2) is 5.11 Å². The average molecular weight is 242 g/mol. The van der Waals surface area contributed by atoms with Gasteiger partial charge in [-0.3, -0.25) is 0 Å². The molecule has 1 aromatic carbocycles. The van der Waals surface area contributed by atoms with Crippen LogP contribution in [0.4, 0.5) is 0 Å². The summed E-state index contributed by atoms with van der Waals surface area (Å²) in [5, 5.41) is 11.5. The fraction of sp³-hybridized carbons (Fsp3) is 0.375. The molecule has 0 radical (unpaired) electrons. The summed E-state index contributed by atoms with van der Waals surface area (Å²) in [6.45, 7) is 2.03. The molecule has 2 nitrogen and oxygen atoms in total. The Labute approximate surface area is 107 Å². The summed E-state index contributed by atoms with van der Waals surface area (Å²) < 4.78 is 5.84. The van der Waals surface area contributed by atoms with Crippen molar-refractivity contribution < 1.29 is 9.52 Å². The van der Waals surface area contributed by atoms with Crippen molar-refractivity contribution in [1.82, 2.24) is 0 Å². The lowest BCUT2D eigenvalue weighted by Gasteiger charge is -2.21. The van der Waals surface area contributed by atoms with Crippen LogP contribution in [0.1, 0.15) is 36.7 Å². The van der Waals surface area contributed by atoms with Gasteiger partial charge in [-0.05, 0) is 43.7 Å². The van der Waals surface area contributed by atoms with Gasteiger partial charge in [0.15, 0.2) is 0 Å². The van der Waals surface area contributed by atoms with Crippen LogP contribution in [0.5, 0.6) is 0 Å². The molecule has 0 bridgehead atoms. The van der Waals surface area contributed by atoms with Gasteiger partial charge in [-0.1, -0.05) is 30.4 Å². The van der Waals surface area contributed by atoms with Crippen LogP contribution in [-0.2, 0) is 0 Å². The first-order valence-electron chi connectivity index (χ1n) is 6.58. The molecule has 0 saturated heterocycles. The number of aliphatic hydroxyl groups excluding tert-OH is 1. The third kappa shape index (κ3) is 1.97. The largest absolute Gasteiger partial charge is 0.458 e. The Morgan fingerprint density at radius 1 is 1.33 bits per heavy atom. The zero-order chi connectivity index (χ0) is 12.5. The van der Waals surface area contributed by atoms with Gasteiger partial charge >= 0.3 is 0 Å². The smallest absolute Gasteiger partial charge is 0.137 e. The molecule has 1 N–H and O–H groups in total. The SMILES string of the molecule is Cc1cccc2cc(C(O)C3CC=CCC3)oc12. The lowest BCUT2D eigenvalue weighted by atomic mass is 9.88. The van der Waals surface area contributed by atoms with Gasteiger partial charge in [-0.2, -0.15) is 0 Å². The molecule has 2 heteroatoms. The van der Waals surface area contributed by atoms with E-state index in [9.17, 15) is 5.11 Å². The first-order chi connectivity index (χ1) is 8.75. The quantitative estimate of drug-likeness (QED) is 0.803. The van der Waals surface area contributed by atoms with Gasteiger partial charge in [0.25, 0.3) is 0 Å². The molecule has 1 aliphatic carbocycles. The van der Waals surface area contributed by atoms with Crippen molar-refractivity contribution in [2.75, 3.05) is 0 Å². The number of hydrogen-bond donors (Lipinski definition) is 1. The minimum atomic E-state index is -0.484. The highest BCUT2D eigenvalue weighted by Crippen LogP contribution is 2.34. The molecular formula is C16H18O2. The number of hydrogen-bond acceptors (Lipinski definition) is 2. The lowest BCUT2D eigenvalue weighted by Crippen LogP contribution is -2.13. The molecule has 18 heavy (non-hydrogen) atoms. The van der Waals surface area contributed by atoms with Gasteiger partial charge in [0.1, 0.15) is 17.4 Å². The van der Waals surface area contributed by atoms with Gasteiger partial charge in [0.2, 0.25) is 0 Å². The molecule has 1 heterocycles. The highest BCUT2D eigenvalue weighted by Gasteiger charge is 2.24. The number of allylic oxidation sites excluding steroid dienone is 2. The predicted octanol–water partition coefficient (Wildman–Crippen LogP) is 4.13. The number of fused-ring (bicyclic) bond motifs is 1. The summed E-state index contributed by atoms with van der Waals surface area (Å²) in [5.74, 6) is 0.996. The van der Waals surface area contributed by atoms with E-state index in [1.165, 1.54) is 0 Å². The van der Waals surface area contributed by atoms with Gasteiger partial charge < -0.3 is 9.52 Å². The summed E-state index contributed by atoms with van der Waals surface area (Å²) in [6.07, 6.45) is 6.89. The van der Waals surface area contributed by atoms with Crippen LogP contribution in [0.15, 0.2) is 40.8 Å². The maximum atomic E-state index is 10.4. The van der Waals surface area contributed by atoms with E-state index in [1.54, 1.807) is 0 Å². The molecule has 1 aliphatic rings. The van der Waals surface area contributed by atoms with Crippen molar-refractivity contribution in [3.05, 3.63) is 47.7 Å². The third-order valence-electron chi connectivity index (χ3n) is 3.81. The van der Waals surface area contributed by atoms with Crippen molar-refractivity contribution in [3.8, 4) is 0 Å². The fourth-order valence-electron chi connectivity index (χ4n) is 2.71. The Bertz CT molecular complexity index is 580. The van der Waals surface area contributed by atoms with Gasteiger partial charge in [0.05, 0.1) is 0 Å². The highest BCUT2D eigenvalue weighted by molar-refractivity contribution is 5.80. The maximum Gasteiger partial charge on any atom is 0.137 e. The van der Waals surface area contributed by atoms with Gasteiger partial charge in [0, 0.05) is 5.39 Å². The van der Waals surface area contributed by atoms with Gasteiger partial charge in [-0.15, -0.1) is 0 Å². The maximum absolute atomic E-state index is 10.4. The first-order valence-corrected chi connectivity index (χ1v) is 6.58. The Hall–Kier alpha value is -1.54. The normalized spacial score (nSPS) is 21.3. The van der Waals surface area contributed by atoms with E-state index in [2.05, 4.69) is 12.2 Å². The van der Waals surface area contributed by atoms with Crippen molar-refractivity contribution in [1.29, 1.82) is 0 Å². The predicted molar refractivity (Wildman–Crippen MR) is 72.4 cm³/mol. The Morgan fingerprint density at radius 2 is 2.22 bits per heavy atom. The van der Waals surface area contributed by atoms with E-state index in [1.807, 2.05) is 31.2 Å². The van der Waals surface area contributed by atoms with E-state index >= 15 is 0 Å². The van der Waals surface area contributed by atoms with Crippen molar-refractivity contribution in [2.45, 2.75) is 32.3 Å². The van der Waals surface area contributed by atoms with Crippen LogP contribution < -0.4 is 0 Å². The number of para-hydroxylation sites is 1. The molecule has 0 spiro atoms. The Morgan fingerprint density at radius 3 is 2.94 bits per heavy atom. The third-order valence-corrected chi connectivity index (χ3v) is 3.81. The molecule has 0 amide bonds. The van der Waals surface area contributed by atoms with Crippen LogP contribution in [0.2, 0.25) is 0 Å². The highest BCUT2D eigenvalue weighted by atomic mass is 16.4. The molecule has 0 saturated carbocycles. The molecule has 1 aromatic heterocycles. The zero-order valence-corrected chi connectivity index (χ0v) is 10.6. The van der Waals surface area contributed by atoms with E-state index in [0.717, 1.165) is 35.8 Å². The molecule has 2 atom stereocenters. The van der Waals surface area contributed by atoms with Gasteiger partial charge in [-0.25, -0.2) is 0 Å². The zero-order valence-electron chi connectivity index (χ0n) is 10.6. The van der Waals surface area contributed by atoms with E-state index < -0.39 is 6.10 Å². The summed E-state index contributed by atoms with van der Waals surface area (Å²) in [6, 6.07) is 8.06. The molecule has 0 fully saturated rings. The van der Waals surface area contributed by atoms with Crippen LogP contribution >= 0.6 is 0 Å². The number of benzene rings is 1. The minimum Gasteiger partial charge on any atom is -0.458 e.